The molecule has 0 bridgehead atoms. The Morgan fingerprint density at radius 1 is 1.28 bits per heavy atom. The summed E-state index contributed by atoms with van der Waals surface area (Å²) in [5.41, 5.74) is -0.350. The number of amides is 2. The largest absolute Gasteiger partial charge is 0.366 e. The summed E-state index contributed by atoms with van der Waals surface area (Å²) in [6.45, 7) is 0. The quantitative estimate of drug-likeness (QED) is 0.781. The summed E-state index contributed by atoms with van der Waals surface area (Å²) in [6.07, 6.45) is -0.0137. The minimum atomic E-state index is -1.09. The summed E-state index contributed by atoms with van der Waals surface area (Å²) >= 11 is 3.08. The first kappa shape index (κ1) is 12.7. The molecule has 0 unspecified atom stereocenters. The minimum Gasteiger partial charge on any atom is -0.325 e. The van der Waals surface area contributed by atoms with E-state index in [0.29, 0.717) is 9.54 Å². The molecule has 94 valence electrons. The average Bonchev–Trinajstić information content (AvgIpc) is 2.64. The highest BCUT2D eigenvalue weighted by molar-refractivity contribution is 9.10. The van der Waals surface area contributed by atoms with E-state index >= 15 is 0 Å². The number of carbonyl (C=O) groups excluding carboxylic acids is 3. The summed E-state index contributed by atoms with van der Waals surface area (Å²) in [4.78, 5) is 38.7. The highest BCUT2D eigenvalue weighted by Gasteiger charge is 2.33. The van der Waals surface area contributed by atoms with Crippen LogP contribution in [-0.4, -0.2) is 22.8 Å². The second-order valence-corrected chi connectivity index (χ2v) is 4.50. The second-order valence-electron chi connectivity index (χ2n) is 3.58. The Hall–Kier alpha value is -1.76. The first-order chi connectivity index (χ1) is 8.49. The van der Waals surface area contributed by atoms with Crippen LogP contribution in [0.3, 0.4) is 0 Å². The van der Waals surface area contributed by atoms with Gasteiger partial charge >= 0.3 is 5.97 Å². The van der Waals surface area contributed by atoms with Crippen molar-refractivity contribution in [2.24, 2.45) is 0 Å². The SMILES string of the molecule is O=C(ON1C(=O)CCC1=O)c1cc(Br)ccc1F. The lowest BCUT2D eigenvalue weighted by molar-refractivity contribution is -0.172. The van der Waals surface area contributed by atoms with Gasteiger partial charge in [-0.1, -0.05) is 15.9 Å². The molecule has 0 N–H and O–H groups in total. The summed E-state index contributed by atoms with van der Waals surface area (Å²) in [7, 11) is 0. The Balaban J connectivity index is 2.19. The van der Waals surface area contributed by atoms with E-state index in [-0.39, 0.29) is 18.4 Å². The van der Waals surface area contributed by atoms with Gasteiger partial charge in [0.15, 0.2) is 0 Å². The number of hydroxylamine groups is 2. The molecule has 1 aliphatic heterocycles. The Kier molecular flexibility index (Phi) is 3.42. The monoisotopic (exact) mass is 315 g/mol. The fraction of sp³-hybridized carbons (Fsp3) is 0.182. The zero-order valence-corrected chi connectivity index (χ0v) is 10.6. The molecule has 0 radical (unpaired) electrons. The van der Waals surface area contributed by atoms with E-state index in [2.05, 4.69) is 20.8 Å². The van der Waals surface area contributed by atoms with Gasteiger partial charge in [-0.15, -0.1) is 5.06 Å². The van der Waals surface area contributed by atoms with Gasteiger partial charge in [-0.05, 0) is 18.2 Å². The molecule has 0 saturated carbocycles. The number of imide groups is 1. The van der Waals surface area contributed by atoms with Crippen LogP contribution in [0, 0.1) is 5.82 Å². The molecule has 2 rings (SSSR count). The minimum absolute atomic E-state index is 0.00687. The summed E-state index contributed by atoms with van der Waals surface area (Å²) in [5.74, 6) is -3.09. The first-order valence-corrected chi connectivity index (χ1v) is 5.81. The molecule has 1 heterocycles. The lowest BCUT2D eigenvalue weighted by Gasteiger charge is -2.12. The summed E-state index contributed by atoms with van der Waals surface area (Å²) in [5, 5.41) is 0.378. The number of hydrogen-bond acceptors (Lipinski definition) is 4. The topological polar surface area (TPSA) is 63.7 Å². The summed E-state index contributed by atoms with van der Waals surface area (Å²) in [6, 6.07) is 3.70. The molecular formula is C11H7BrFNO4. The average molecular weight is 316 g/mol. The van der Waals surface area contributed by atoms with Gasteiger partial charge in [0.1, 0.15) is 5.82 Å². The van der Waals surface area contributed by atoms with Crippen molar-refractivity contribution in [1.82, 2.24) is 5.06 Å². The second kappa shape index (κ2) is 4.85. The van der Waals surface area contributed by atoms with Crippen LogP contribution >= 0.6 is 15.9 Å². The molecule has 18 heavy (non-hydrogen) atoms. The van der Waals surface area contributed by atoms with Gasteiger partial charge < -0.3 is 4.84 Å². The molecule has 1 aromatic carbocycles. The van der Waals surface area contributed by atoms with Crippen molar-refractivity contribution < 1.29 is 23.6 Å². The normalized spacial score (nSPS) is 15.1. The van der Waals surface area contributed by atoms with Gasteiger partial charge in [-0.3, -0.25) is 9.59 Å². The van der Waals surface area contributed by atoms with Crippen molar-refractivity contribution in [1.29, 1.82) is 0 Å². The van der Waals surface area contributed by atoms with E-state index in [1.807, 2.05) is 0 Å². The molecule has 0 atom stereocenters. The Bertz CT molecular complexity index is 530. The molecule has 7 heteroatoms. The van der Waals surface area contributed by atoms with Gasteiger partial charge in [-0.25, -0.2) is 9.18 Å². The third-order valence-electron chi connectivity index (χ3n) is 2.33. The van der Waals surface area contributed by atoms with Gasteiger partial charge in [0, 0.05) is 17.3 Å². The maximum atomic E-state index is 13.4. The zero-order valence-electron chi connectivity index (χ0n) is 8.98. The summed E-state index contributed by atoms with van der Waals surface area (Å²) < 4.78 is 13.9. The standard InChI is InChI=1S/C11H7BrFNO4/c12-6-1-2-8(13)7(5-6)11(17)18-14-9(15)3-4-10(14)16/h1-2,5H,3-4H2. The van der Waals surface area contributed by atoms with Crippen molar-refractivity contribution in [2.75, 3.05) is 0 Å². The van der Waals surface area contributed by atoms with E-state index in [1.165, 1.54) is 12.1 Å². The lowest BCUT2D eigenvalue weighted by Crippen LogP contribution is -2.32. The van der Waals surface area contributed by atoms with E-state index in [4.69, 9.17) is 0 Å². The van der Waals surface area contributed by atoms with E-state index in [1.54, 1.807) is 0 Å². The van der Waals surface area contributed by atoms with Crippen molar-refractivity contribution in [3.05, 3.63) is 34.1 Å². The molecule has 1 aliphatic rings. The number of carbonyl (C=O) groups is 3. The number of benzene rings is 1. The molecule has 2 amide bonds. The number of hydrogen-bond donors (Lipinski definition) is 0. The third-order valence-corrected chi connectivity index (χ3v) is 2.82. The predicted molar refractivity (Wildman–Crippen MR) is 60.6 cm³/mol. The van der Waals surface area contributed by atoms with Crippen LogP contribution < -0.4 is 0 Å². The first-order valence-electron chi connectivity index (χ1n) is 5.02. The molecule has 1 saturated heterocycles. The fourth-order valence-corrected chi connectivity index (χ4v) is 1.80. The van der Waals surface area contributed by atoms with Crippen molar-refractivity contribution >= 4 is 33.7 Å². The lowest BCUT2D eigenvalue weighted by atomic mass is 10.2. The van der Waals surface area contributed by atoms with E-state index < -0.39 is 23.6 Å². The highest BCUT2D eigenvalue weighted by atomic mass is 79.9. The van der Waals surface area contributed by atoms with Crippen LogP contribution in [0.15, 0.2) is 22.7 Å². The van der Waals surface area contributed by atoms with E-state index in [0.717, 1.165) is 6.07 Å². The van der Waals surface area contributed by atoms with Crippen LogP contribution in [0.4, 0.5) is 4.39 Å². The van der Waals surface area contributed by atoms with Crippen LogP contribution in [0.1, 0.15) is 23.2 Å². The van der Waals surface area contributed by atoms with Crippen molar-refractivity contribution in [2.45, 2.75) is 12.8 Å². The number of nitrogens with zero attached hydrogens (tertiary/aromatic N) is 1. The van der Waals surface area contributed by atoms with Gasteiger partial charge in [0.25, 0.3) is 11.8 Å². The Morgan fingerprint density at radius 3 is 2.50 bits per heavy atom. The fourth-order valence-electron chi connectivity index (χ4n) is 1.44. The molecule has 1 fully saturated rings. The number of rotatable bonds is 2. The van der Waals surface area contributed by atoms with E-state index in [9.17, 15) is 18.8 Å². The maximum absolute atomic E-state index is 13.4. The van der Waals surface area contributed by atoms with Gasteiger partial charge in [-0.2, -0.15) is 0 Å². The molecule has 0 spiro atoms. The predicted octanol–water partition coefficient (Wildman–Crippen LogP) is 1.81. The zero-order chi connectivity index (χ0) is 13.3. The van der Waals surface area contributed by atoms with Crippen molar-refractivity contribution in [3.63, 3.8) is 0 Å². The van der Waals surface area contributed by atoms with Crippen LogP contribution in [0.2, 0.25) is 0 Å². The molecular weight excluding hydrogens is 309 g/mol. The van der Waals surface area contributed by atoms with Gasteiger partial charge in [0.2, 0.25) is 0 Å². The van der Waals surface area contributed by atoms with Crippen LogP contribution in [0.25, 0.3) is 0 Å². The van der Waals surface area contributed by atoms with Crippen molar-refractivity contribution in [3.8, 4) is 0 Å². The van der Waals surface area contributed by atoms with Crippen LogP contribution in [-0.2, 0) is 14.4 Å². The molecule has 5 nitrogen and oxygen atoms in total. The highest BCUT2D eigenvalue weighted by Crippen LogP contribution is 2.19. The Morgan fingerprint density at radius 2 is 1.89 bits per heavy atom. The molecule has 0 aliphatic carbocycles. The molecule has 0 aromatic heterocycles. The third kappa shape index (κ3) is 2.40. The number of halogens is 2. The smallest absolute Gasteiger partial charge is 0.325 e. The molecule has 1 aromatic rings. The maximum Gasteiger partial charge on any atom is 0.366 e. The van der Waals surface area contributed by atoms with Gasteiger partial charge in [0.05, 0.1) is 5.56 Å². The van der Waals surface area contributed by atoms with Crippen LogP contribution in [0.5, 0.6) is 0 Å². The Labute approximate surface area is 110 Å².